The van der Waals surface area contributed by atoms with Crippen molar-refractivity contribution in [3.63, 3.8) is 0 Å². The Morgan fingerprint density at radius 1 is 1.23 bits per heavy atom. The molecule has 0 saturated heterocycles. The van der Waals surface area contributed by atoms with Crippen molar-refractivity contribution in [2.45, 2.75) is 25.9 Å². The number of benzene rings is 2. The summed E-state index contributed by atoms with van der Waals surface area (Å²) in [5.41, 5.74) is 8.84. The molecule has 1 atom stereocenters. The summed E-state index contributed by atoms with van der Waals surface area (Å²) in [5, 5.41) is 9.33. The summed E-state index contributed by atoms with van der Waals surface area (Å²) in [6, 6.07) is 11.3. The molecular formula is C17H18FN3O. The van der Waals surface area contributed by atoms with E-state index in [2.05, 4.69) is 4.98 Å². The van der Waals surface area contributed by atoms with Crippen LogP contribution in [0.4, 0.5) is 4.39 Å². The average molecular weight is 299 g/mol. The van der Waals surface area contributed by atoms with Gasteiger partial charge in [-0.2, -0.15) is 0 Å². The van der Waals surface area contributed by atoms with E-state index in [1.165, 1.54) is 12.1 Å². The third kappa shape index (κ3) is 2.67. The number of hydrogen-bond donors (Lipinski definition) is 2. The zero-order valence-corrected chi connectivity index (χ0v) is 12.3. The maximum atomic E-state index is 13.4. The fourth-order valence-corrected chi connectivity index (χ4v) is 2.71. The van der Waals surface area contributed by atoms with Gasteiger partial charge in [-0.15, -0.1) is 0 Å². The van der Waals surface area contributed by atoms with E-state index < -0.39 is 0 Å². The lowest BCUT2D eigenvalue weighted by atomic mass is 10.1. The van der Waals surface area contributed by atoms with E-state index in [9.17, 15) is 9.50 Å². The van der Waals surface area contributed by atoms with Gasteiger partial charge in [-0.3, -0.25) is 0 Å². The number of nitrogens with zero attached hydrogens (tertiary/aromatic N) is 2. The molecule has 1 aromatic heterocycles. The molecule has 1 unspecified atom stereocenters. The van der Waals surface area contributed by atoms with Crippen molar-refractivity contribution in [3.8, 4) is 5.75 Å². The molecule has 2 aromatic carbocycles. The van der Waals surface area contributed by atoms with Crippen molar-refractivity contribution < 1.29 is 9.50 Å². The van der Waals surface area contributed by atoms with Gasteiger partial charge < -0.3 is 15.4 Å². The van der Waals surface area contributed by atoms with Crippen molar-refractivity contribution in [2.24, 2.45) is 5.73 Å². The summed E-state index contributed by atoms with van der Waals surface area (Å²) in [4.78, 5) is 4.51. The quantitative estimate of drug-likeness (QED) is 0.778. The third-order valence-electron chi connectivity index (χ3n) is 3.78. The predicted octanol–water partition coefficient (Wildman–Crippen LogP) is 3.14. The molecule has 3 aromatic rings. The van der Waals surface area contributed by atoms with Crippen molar-refractivity contribution in [3.05, 3.63) is 59.7 Å². The third-order valence-corrected chi connectivity index (χ3v) is 3.78. The van der Waals surface area contributed by atoms with Gasteiger partial charge in [-0.1, -0.05) is 12.1 Å². The molecule has 0 aliphatic carbocycles. The Kier molecular flexibility index (Phi) is 3.81. The van der Waals surface area contributed by atoms with Gasteiger partial charge >= 0.3 is 0 Å². The molecule has 0 aliphatic heterocycles. The Bertz CT molecular complexity index is 796. The molecule has 0 spiro atoms. The Morgan fingerprint density at radius 2 is 1.95 bits per heavy atom. The molecule has 0 aliphatic rings. The van der Waals surface area contributed by atoms with Crippen LogP contribution in [0.1, 0.15) is 24.4 Å². The maximum absolute atomic E-state index is 13.4. The number of halogens is 1. The molecular weight excluding hydrogens is 281 g/mol. The molecule has 0 radical (unpaired) electrons. The summed E-state index contributed by atoms with van der Waals surface area (Å²) in [5.74, 6) is 0.677. The zero-order chi connectivity index (χ0) is 15.7. The second-order valence-corrected chi connectivity index (χ2v) is 5.32. The van der Waals surface area contributed by atoms with Gasteiger partial charge in [0.2, 0.25) is 0 Å². The number of imidazole rings is 1. The minimum absolute atomic E-state index is 0.230. The van der Waals surface area contributed by atoms with Crippen LogP contribution in [-0.4, -0.2) is 14.7 Å². The first-order valence-corrected chi connectivity index (χ1v) is 7.27. The summed E-state index contributed by atoms with van der Waals surface area (Å²) in [7, 11) is 0. The van der Waals surface area contributed by atoms with E-state index in [0.717, 1.165) is 23.4 Å². The molecule has 0 saturated carbocycles. The van der Waals surface area contributed by atoms with Crippen LogP contribution in [0.25, 0.3) is 11.0 Å². The lowest BCUT2D eigenvalue weighted by Gasteiger charge is -2.13. The fraction of sp³-hybridized carbons (Fsp3) is 0.235. The van der Waals surface area contributed by atoms with Crippen LogP contribution in [-0.2, 0) is 13.0 Å². The molecule has 0 amide bonds. The van der Waals surface area contributed by atoms with Gasteiger partial charge in [-0.25, -0.2) is 9.37 Å². The van der Waals surface area contributed by atoms with Gasteiger partial charge in [0.15, 0.2) is 0 Å². The SMILES string of the molecule is CCn1c(C(N)Cc2ccc(O)cc2)nc2cc(F)ccc21. The number of aryl methyl sites for hydroxylation is 1. The zero-order valence-electron chi connectivity index (χ0n) is 12.3. The molecule has 0 fully saturated rings. The van der Waals surface area contributed by atoms with Gasteiger partial charge in [0, 0.05) is 12.6 Å². The number of hydrogen-bond acceptors (Lipinski definition) is 3. The maximum Gasteiger partial charge on any atom is 0.127 e. The molecule has 1 heterocycles. The summed E-state index contributed by atoms with van der Waals surface area (Å²) < 4.78 is 15.4. The van der Waals surface area contributed by atoms with Crippen LogP contribution in [0.15, 0.2) is 42.5 Å². The van der Waals surface area contributed by atoms with E-state index in [1.54, 1.807) is 18.2 Å². The number of fused-ring (bicyclic) bond motifs is 1. The molecule has 22 heavy (non-hydrogen) atoms. The molecule has 4 nitrogen and oxygen atoms in total. The van der Waals surface area contributed by atoms with Gasteiger partial charge in [0.25, 0.3) is 0 Å². The minimum atomic E-state index is -0.299. The monoisotopic (exact) mass is 299 g/mol. The summed E-state index contributed by atoms with van der Waals surface area (Å²) in [6.07, 6.45) is 0.603. The lowest BCUT2D eigenvalue weighted by molar-refractivity contribution is 0.475. The highest BCUT2D eigenvalue weighted by Crippen LogP contribution is 2.23. The normalized spacial score (nSPS) is 12.7. The number of phenols is 1. The second-order valence-electron chi connectivity index (χ2n) is 5.32. The Hall–Kier alpha value is -2.40. The molecule has 3 N–H and O–H groups in total. The van der Waals surface area contributed by atoms with E-state index in [-0.39, 0.29) is 17.6 Å². The van der Waals surface area contributed by atoms with E-state index in [1.807, 2.05) is 23.6 Å². The van der Waals surface area contributed by atoms with Crippen LogP contribution < -0.4 is 5.73 Å². The van der Waals surface area contributed by atoms with Gasteiger partial charge in [0.05, 0.1) is 17.1 Å². The van der Waals surface area contributed by atoms with Crippen LogP contribution in [0.3, 0.4) is 0 Å². The van der Waals surface area contributed by atoms with Crippen LogP contribution >= 0.6 is 0 Å². The summed E-state index contributed by atoms with van der Waals surface area (Å²) >= 11 is 0. The molecule has 114 valence electrons. The Morgan fingerprint density at radius 3 is 2.64 bits per heavy atom. The molecule has 3 rings (SSSR count). The van der Waals surface area contributed by atoms with Crippen molar-refractivity contribution in [2.75, 3.05) is 0 Å². The molecule has 0 bridgehead atoms. The second kappa shape index (κ2) is 5.77. The van der Waals surface area contributed by atoms with Crippen LogP contribution in [0, 0.1) is 5.82 Å². The van der Waals surface area contributed by atoms with E-state index in [0.29, 0.717) is 11.9 Å². The first-order valence-electron chi connectivity index (χ1n) is 7.27. The van der Waals surface area contributed by atoms with Gasteiger partial charge in [0.1, 0.15) is 17.4 Å². The van der Waals surface area contributed by atoms with E-state index >= 15 is 0 Å². The topological polar surface area (TPSA) is 64.1 Å². The van der Waals surface area contributed by atoms with Crippen molar-refractivity contribution in [1.29, 1.82) is 0 Å². The first-order chi connectivity index (χ1) is 10.6. The van der Waals surface area contributed by atoms with Crippen molar-refractivity contribution in [1.82, 2.24) is 9.55 Å². The van der Waals surface area contributed by atoms with Crippen LogP contribution in [0.5, 0.6) is 5.75 Å². The number of aromatic nitrogens is 2. The first kappa shape index (κ1) is 14.5. The Labute approximate surface area is 128 Å². The van der Waals surface area contributed by atoms with E-state index in [4.69, 9.17) is 5.73 Å². The number of phenolic OH excluding ortho intramolecular Hbond substituents is 1. The summed E-state index contributed by atoms with van der Waals surface area (Å²) in [6.45, 7) is 2.74. The number of nitrogens with two attached hydrogens (primary N) is 1. The smallest absolute Gasteiger partial charge is 0.127 e. The number of aromatic hydroxyl groups is 1. The molecule has 5 heteroatoms. The number of rotatable bonds is 4. The highest BCUT2D eigenvalue weighted by Gasteiger charge is 2.17. The average Bonchev–Trinajstić information content (AvgIpc) is 2.87. The largest absolute Gasteiger partial charge is 0.508 e. The minimum Gasteiger partial charge on any atom is -0.508 e. The highest BCUT2D eigenvalue weighted by molar-refractivity contribution is 5.76. The van der Waals surface area contributed by atoms with Crippen LogP contribution in [0.2, 0.25) is 0 Å². The highest BCUT2D eigenvalue weighted by atomic mass is 19.1. The Balaban J connectivity index is 1.95. The standard InChI is InChI=1S/C17H18FN3O/c1-2-21-16-8-5-12(18)10-15(16)20-17(21)14(19)9-11-3-6-13(22)7-4-11/h3-8,10,14,22H,2,9,19H2,1H3. The van der Waals surface area contributed by atoms with Gasteiger partial charge in [-0.05, 0) is 43.2 Å². The lowest BCUT2D eigenvalue weighted by Crippen LogP contribution is -2.18. The van der Waals surface area contributed by atoms with Crippen molar-refractivity contribution >= 4 is 11.0 Å². The fourth-order valence-electron chi connectivity index (χ4n) is 2.71. The predicted molar refractivity (Wildman–Crippen MR) is 84.1 cm³/mol.